The van der Waals surface area contributed by atoms with E-state index in [1.807, 2.05) is 0 Å². The van der Waals surface area contributed by atoms with Crippen LogP contribution in [0.25, 0.3) is 5.78 Å². The normalized spacial score (nSPS) is 23.6. The molecular formula is C24H29F4N5O3. The second-order valence-corrected chi connectivity index (χ2v) is 10.6. The number of carbonyl (C=O) groups is 2. The van der Waals surface area contributed by atoms with Crippen molar-refractivity contribution in [2.24, 2.45) is 17.8 Å². The van der Waals surface area contributed by atoms with E-state index in [1.54, 1.807) is 22.9 Å². The Bertz CT molecular complexity index is 1130. The van der Waals surface area contributed by atoms with E-state index in [1.165, 1.54) is 0 Å². The number of hydrogen-bond donors (Lipinski definition) is 3. The van der Waals surface area contributed by atoms with Gasteiger partial charge in [0.15, 0.2) is 0 Å². The van der Waals surface area contributed by atoms with Gasteiger partial charge in [-0.3, -0.25) is 9.20 Å². The summed E-state index contributed by atoms with van der Waals surface area (Å²) >= 11 is 0. The third kappa shape index (κ3) is 5.57. The summed E-state index contributed by atoms with van der Waals surface area (Å²) in [6.45, 7) is 0. The second kappa shape index (κ2) is 9.19. The smallest absolute Gasteiger partial charge is 0.405 e. The zero-order chi connectivity index (χ0) is 25.7. The van der Waals surface area contributed by atoms with Gasteiger partial charge in [-0.15, -0.1) is 0 Å². The molecule has 3 aliphatic rings. The quantitative estimate of drug-likeness (QED) is 0.439. The van der Waals surface area contributed by atoms with Gasteiger partial charge in [0, 0.05) is 44.5 Å². The van der Waals surface area contributed by atoms with Crippen LogP contribution in [0, 0.1) is 17.8 Å². The number of nitrogens with zero attached hydrogens (tertiary/aromatic N) is 3. The van der Waals surface area contributed by atoms with Gasteiger partial charge in [-0.1, -0.05) is 0 Å². The lowest BCUT2D eigenvalue weighted by Crippen LogP contribution is -2.39. The molecule has 12 heteroatoms. The Morgan fingerprint density at radius 3 is 2.19 bits per heavy atom. The van der Waals surface area contributed by atoms with Crippen LogP contribution in [0.15, 0.2) is 18.5 Å². The Labute approximate surface area is 204 Å². The van der Waals surface area contributed by atoms with Crippen molar-refractivity contribution >= 4 is 17.8 Å². The molecule has 2 aromatic heterocycles. The highest BCUT2D eigenvalue weighted by molar-refractivity contribution is 5.77. The molecule has 0 aliphatic heterocycles. The highest BCUT2D eigenvalue weighted by Gasteiger charge is 2.46. The summed E-state index contributed by atoms with van der Waals surface area (Å²) in [5, 5.41) is 14.7. The van der Waals surface area contributed by atoms with Crippen LogP contribution in [0.2, 0.25) is 0 Å². The zero-order valence-electron chi connectivity index (χ0n) is 19.6. The molecule has 3 N–H and O–H groups in total. The molecule has 2 aromatic rings. The first-order valence-corrected chi connectivity index (χ1v) is 12.4. The number of hydrogen-bond acceptors (Lipinski definition) is 4. The van der Waals surface area contributed by atoms with Crippen molar-refractivity contribution in [2.45, 2.75) is 81.7 Å². The standard InChI is InChI=1S/C24H29F4N5O3/c25-23(26)6-3-15(4-7-23)20(32-22(35)36)17-12-33-8-5-16(29-21(33)30-17)19(14-1-2-14)31-18(34)9-13-10-24(27,28)11-13/h5,8,12-15,19-20,32H,1-4,6-7,9-11H2,(H,31,34)(H,35,36)/t19?,20-/m0/s1. The molecule has 36 heavy (non-hydrogen) atoms. The van der Waals surface area contributed by atoms with Gasteiger partial charge in [0.25, 0.3) is 0 Å². The number of alkyl halides is 4. The summed E-state index contributed by atoms with van der Waals surface area (Å²) in [5.74, 6) is -5.81. The lowest BCUT2D eigenvalue weighted by atomic mass is 9.79. The fraction of sp³-hybridized carbons (Fsp3) is 0.667. The Kier molecular flexibility index (Phi) is 6.32. The summed E-state index contributed by atoms with van der Waals surface area (Å²) < 4.78 is 55.2. The first-order chi connectivity index (χ1) is 17.0. The molecule has 0 saturated heterocycles. The Balaban J connectivity index is 1.32. The van der Waals surface area contributed by atoms with Gasteiger partial charge in [-0.25, -0.2) is 32.3 Å². The third-order valence-corrected chi connectivity index (χ3v) is 7.57. The number of amides is 2. The lowest BCUT2D eigenvalue weighted by Gasteiger charge is -2.34. The summed E-state index contributed by atoms with van der Waals surface area (Å²) in [6.07, 6.45) is 3.20. The maximum atomic E-state index is 13.7. The van der Waals surface area contributed by atoms with E-state index >= 15 is 0 Å². The monoisotopic (exact) mass is 511 g/mol. The number of halogens is 4. The van der Waals surface area contributed by atoms with Crippen LogP contribution in [0.5, 0.6) is 0 Å². The fourth-order valence-corrected chi connectivity index (χ4v) is 5.48. The van der Waals surface area contributed by atoms with E-state index in [2.05, 4.69) is 20.6 Å². The van der Waals surface area contributed by atoms with Crippen LogP contribution < -0.4 is 10.6 Å². The van der Waals surface area contributed by atoms with Gasteiger partial charge < -0.3 is 15.7 Å². The van der Waals surface area contributed by atoms with Crippen molar-refractivity contribution in [3.63, 3.8) is 0 Å². The predicted octanol–water partition coefficient (Wildman–Crippen LogP) is 4.87. The lowest BCUT2D eigenvalue weighted by molar-refractivity contribution is -0.134. The number of imidazole rings is 1. The van der Waals surface area contributed by atoms with Crippen LogP contribution in [-0.2, 0) is 4.79 Å². The van der Waals surface area contributed by atoms with E-state index in [0.717, 1.165) is 12.8 Å². The molecule has 3 aliphatic carbocycles. The van der Waals surface area contributed by atoms with E-state index in [4.69, 9.17) is 0 Å². The zero-order valence-corrected chi connectivity index (χ0v) is 19.6. The SMILES string of the molecule is O=C(O)N[C@H](c1cn2ccc(C(NC(=O)CC3CC(F)(F)C3)C3CC3)nc2n1)C1CCC(F)(F)CC1. The maximum Gasteiger partial charge on any atom is 0.405 e. The number of aromatic nitrogens is 3. The minimum absolute atomic E-state index is 0.0531. The van der Waals surface area contributed by atoms with Crippen molar-refractivity contribution in [3.8, 4) is 0 Å². The van der Waals surface area contributed by atoms with E-state index < -0.39 is 24.0 Å². The molecule has 2 atom stereocenters. The minimum atomic E-state index is -2.73. The highest BCUT2D eigenvalue weighted by atomic mass is 19.3. The largest absolute Gasteiger partial charge is 0.465 e. The molecule has 2 amide bonds. The number of fused-ring (bicyclic) bond motifs is 1. The van der Waals surface area contributed by atoms with Gasteiger partial charge in [0.2, 0.25) is 23.5 Å². The first kappa shape index (κ1) is 24.8. The average Bonchev–Trinajstić information content (AvgIpc) is 3.52. The van der Waals surface area contributed by atoms with E-state index in [0.29, 0.717) is 17.2 Å². The van der Waals surface area contributed by atoms with Gasteiger partial charge in [-0.2, -0.15) is 0 Å². The van der Waals surface area contributed by atoms with Crippen LogP contribution in [-0.4, -0.2) is 43.3 Å². The van der Waals surface area contributed by atoms with Crippen molar-refractivity contribution < 1.29 is 32.3 Å². The molecule has 196 valence electrons. The van der Waals surface area contributed by atoms with Crippen LogP contribution >= 0.6 is 0 Å². The molecular weight excluding hydrogens is 482 g/mol. The molecule has 0 aromatic carbocycles. The molecule has 2 heterocycles. The molecule has 1 unspecified atom stereocenters. The van der Waals surface area contributed by atoms with Gasteiger partial charge in [-0.05, 0) is 49.5 Å². The van der Waals surface area contributed by atoms with E-state index in [9.17, 15) is 32.3 Å². The van der Waals surface area contributed by atoms with Crippen molar-refractivity contribution in [1.82, 2.24) is 25.0 Å². The highest BCUT2D eigenvalue weighted by Crippen LogP contribution is 2.45. The van der Waals surface area contributed by atoms with Crippen molar-refractivity contribution in [1.29, 1.82) is 0 Å². The Morgan fingerprint density at radius 1 is 0.972 bits per heavy atom. The van der Waals surface area contributed by atoms with Crippen LogP contribution in [0.3, 0.4) is 0 Å². The van der Waals surface area contributed by atoms with Gasteiger partial charge >= 0.3 is 6.09 Å². The van der Waals surface area contributed by atoms with Gasteiger partial charge in [0.1, 0.15) is 0 Å². The predicted molar refractivity (Wildman–Crippen MR) is 120 cm³/mol. The fourth-order valence-electron chi connectivity index (χ4n) is 5.48. The number of carbonyl (C=O) groups excluding carboxylic acids is 1. The Hall–Kier alpha value is -2.92. The number of carboxylic acid groups (broad SMARTS) is 1. The summed E-state index contributed by atoms with van der Waals surface area (Å²) in [6, 6.07) is 0.639. The third-order valence-electron chi connectivity index (χ3n) is 7.57. The topological polar surface area (TPSA) is 109 Å². The van der Waals surface area contributed by atoms with Crippen molar-refractivity contribution in [3.05, 3.63) is 29.8 Å². The molecule has 8 nitrogen and oxygen atoms in total. The van der Waals surface area contributed by atoms with Crippen LogP contribution in [0.4, 0.5) is 22.4 Å². The number of nitrogens with one attached hydrogen (secondary N) is 2. The second-order valence-electron chi connectivity index (χ2n) is 10.6. The molecule has 0 radical (unpaired) electrons. The summed E-state index contributed by atoms with van der Waals surface area (Å²) in [4.78, 5) is 33.1. The number of rotatable bonds is 8. The molecule has 5 rings (SSSR count). The van der Waals surface area contributed by atoms with E-state index in [-0.39, 0.29) is 74.6 Å². The molecule has 0 spiro atoms. The molecule has 3 fully saturated rings. The van der Waals surface area contributed by atoms with Crippen LogP contribution in [0.1, 0.15) is 81.3 Å². The summed E-state index contributed by atoms with van der Waals surface area (Å²) in [7, 11) is 0. The summed E-state index contributed by atoms with van der Waals surface area (Å²) in [5.41, 5.74) is 0.990. The minimum Gasteiger partial charge on any atom is -0.465 e. The van der Waals surface area contributed by atoms with Gasteiger partial charge in [0.05, 0.1) is 23.5 Å². The molecule has 0 bridgehead atoms. The maximum absolute atomic E-state index is 13.7. The van der Waals surface area contributed by atoms with Crippen molar-refractivity contribution in [2.75, 3.05) is 0 Å². The Morgan fingerprint density at radius 2 is 1.58 bits per heavy atom. The average molecular weight is 512 g/mol. The molecule has 3 saturated carbocycles. The first-order valence-electron chi connectivity index (χ1n) is 12.4.